The topological polar surface area (TPSA) is 114 Å². The molecule has 11 heteroatoms. The Hall–Kier alpha value is -2.66. The largest absolute Gasteiger partial charge is 0.481 e. The molecular weight excluding hydrogens is 402 g/mol. The average Bonchev–Trinajstić information content (AvgIpc) is 2.66. The van der Waals surface area contributed by atoms with Gasteiger partial charge < -0.3 is 20.1 Å². The maximum absolute atomic E-state index is 12.6. The van der Waals surface area contributed by atoms with Crippen molar-refractivity contribution in [1.29, 1.82) is 0 Å². The lowest BCUT2D eigenvalue weighted by Crippen LogP contribution is -2.31. The average molecular weight is 426 g/mol. The molecule has 1 aromatic carbocycles. The number of thiocarbonyl (C=S) groups is 1. The number of nitrogens with one attached hydrogen (secondary N) is 3. The lowest BCUT2D eigenvalue weighted by molar-refractivity contribution is 0.353. The SMILES string of the molecule is COc1cc(NS(=O)(=O)c2ccc(NC(=S)NCC(C)C)cc2)nc(OC)n1. The number of aromatic nitrogens is 2. The predicted octanol–water partition coefficient (Wildman–Crippen LogP) is 2.24. The molecule has 28 heavy (non-hydrogen) atoms. The molecule has 2 rings (SSSR count). The molecule has 0 aliphatic rings. The minimum Gasteiger partial charge on any atom is -0.481 e. The molecule has 2 aromatic rings. The lowest BCUT2D eigenvalue weighted by Gasteiger charge is -2.13. The number of sulfonamides is 1. The van der Waals surface area contributed by atoms with Gasteiger partial charge in [-0.3, -0.25) is 4.72 Å². The van der Waals surface area contributed by atoms with Crippen LogP contribution in [0.3, 0.4) is 0 Å². The van der Waals surface area contributed by atoms with Crippen LogP contribution in [0, 0.1) is 5.92 Å². The van der Waals surface area contributed by atoms with Crippen LogP contribution in [0.1, 0.15) is 13.8 Å². The Morgan fingerprint density at radius 1 is 1.14 bits per heavy atom. The number of rotatable bonds is 8. The molecule has 0 radical (unpaired) electrons. The molecule has 9 nitrogen and oxygen atoms in total. The monoisotopic (exact) mass is 425 g/mol. The van der Waals surface area contributed by atoms with Gasteiger partial charge in [0.05, 0.1) is 19.1 Å². The van der Waals surface area contributed by atoms with Crippen LogP contribution in [0.4, 0.5) is 11.5 Å². The second kappa shape index (κ2) is 9.51. The van der Waals surface area contributed by atoms with E-state index in [0.717, 1.165) is 6.54 Å². The first-order chi connectivity index (χ1) is 13.2. The van der Waals surface area contributed by atoms with Crippen molar-refractivity contribution < 1.29 is 17.9 Å². The maximum Gasteiger partial charge on any atom is 0.321 e. The second-order valence-corrected chi connectivity index (χ2v) is 8.23. The van der Waals surface area contributed by atoms with E-state index in [1.165, 1.54) is 32.4 Å². The van der Waals surface area contributed by atoms with Crippen LogP contribution in [0.25, 0.3) is 0 Å². The number of hydrogen-bond acceptors (Lipinski definition) is 7. The Labute approximate surface area is 169 Å². The Morgan fingerprint density at radius 3 is 2.39 bits per heavy atom. The first kappa shape index (κ1) is 21.6. The van der Waals surface area contributed by atoms with E-state index in [-0.39, 0.29) is 22.6 Å². The molecule has 0 saturated heterocycles. The van der Waals surface area contributed by atoms with E-state index in [1.54, 1.807) is 12.1 Å². The standard InChI is InChI=1S/C17H23N5O4S2/c1-11(2)10-18-17(27)19-12-5-7-13(8-6-12)28(23,24)22-14-9-15(25-3)21-16(20-14)26-4/h5-9,11H,10H2,1-4H3,(H2,18,19,27)(H,20,21,22). The summed E-state index contributed by atoms with van der Waals surface area (Å²) in [4.78, 5) is 7.95. The summed E-state index contributed by atoms with van der Waals surface area (Å²) in [5.41, 5.74) is 0.672. The minimum absolute atomic E-state index is 0.0148. The summed E-state index contributed by atoms with van der Waals surface area (Å²) in [5, 5.41) is 6.56. The van der Waals surface area contributed by atoms with E-state index in [1.807, 2.05) is 0 Å². The zero-order valence-electron chi connectivity index (χ0n) is 16.0. The first-order valence-corrected chi connectivity index (χ1v) is 10.3. The molecule has 0 atom stereocenters. The van der Waals surface area contributed by atoms with E-state index < -0.39 is 10.0 Å². The third-order valence-electron chi connectivity index (χ3n) is 3.41. The van der Waals surface area contributed by atoms with Gasteiger partial charge in [0.2, 0.25) is 5.88 Å². The van der Waals surface area contributed by atoms with Gasteiger partial charge in [-0.25, -0.2) is 8.42 Å². The van der Waals surface area contributed by atoms with Gasteiger partial charge >= 0.3 is 6.01 Å². The summed E-state index contributed by atoms with van der Waals surface area (Å²) in [5.74, 6) is 0.661. The van der Waals surface area contributed by atoms with Crippen molar-refractivity contribution in [3.8, 4) is 11.9 Å². The van der Waals surface area contributed by atoms with E-state index in [4.69, 9.17) is 21.7 Å². The highest BCUT2D eigenvalue weighted by atomic mass is 32.2. The third kappa shape index (κ3) is 6.20. The minimum atomic E-state index is -3.86. The number of nitrogens with zero attached hydrogens (tertiary/aromatic N) is 2. The fourth-order valence-electron chi connectivity index (χ4n) is 2.04. The zero-order chi connectivity index (χ0) is 20.7. The Morgan fingerprint density at radius 2 is 1.82 bits per heavy atom. The van der Waals surface area contributed by atoms with Gasteiger partial charge in [-0.05, 0) is 42.4 Å². The lowest BCUT2D eigenvalue weighted by atomic mass is 10.2. The second-order valence-electron chi connectivity index (χ2n) is 6.14. The van der Waals surface area contributed by atoms with Gasteiger partial charge in [0.1, 0.15) is 0 Å². The Balaban J connectivity index is 2.11. The summed E-state index contributed by atoms with van der Waals surface area (Å²) in [6.45, 7) is 4.89. The molecule has 3 N–H and O–H groups in total. The number of hydrogen-bond donors (Lipinski definition) is 3. The van der Waals surface area contributed by atoms with Gasteiger partial charge in [-0.1, -0.05) is 13.8 Å². The Bertz CT molecular complexity index is 895. The van der Waals surface area contributed by atoms with Crippen LogP contribution in [0.2, 0.25) is 0 Å². The number of methoxy groups -OCH3 is 2. The molecule has 1 heterocycles. The molecule has 0 aliphatic heterocycles. The summed E-state index contributed by atoms with van der Waals surface area (Å²) in [6.07, 6.45) is 0. The van der Waals surface area contributed by atoms with Crippen molar-refractivity contribution in [2.24, 2.45) is 5.92 Å². The quantitative estimate of drug-likeness (QED) is 0.548. The van der Waals surface area contributed by atoms with Gasteiger partial charge in [-0.15, -0.1) is 0 Å². The van der Waals surface area contributed by atoms with E-state index >= 15 is 0 Å². The normalized spacial score (nSPS) is 11.0. The number of benzene rings is 1. The molecule has 0 saturated carbocycles. The molecule has 0 spiro atoms. The highest BCUT2D eigenvalue weighted by molar-refractivity contribution is 7.92. The molecule has 0 fully saturated rings. The highest BCUT2D eigenvalue weighted by Crippen LogP contribution is 2.21. The summed E-state index contributed by atoms with van der Waals surface area (Å²) in [6, 6.07) is 7.52. The van der Waals surface area contributed by atoms with Gasteiger partial charge in [0, 0.05) is 18.3 Å². The smallest absolute Gasteiger partial charge is 0.321 e. The van der Waals surface area contributed by atoms with Gasteiger partial charge in [0.15, 0.2) is 10.9 Å². The fraction of sp³-hybridized carbons (Fsp3) is 0.353. The van der Waals surface area contributed by atoms with E-state index in [0.29, 0.717) is 16.7 Å². The van der Waals surface area contributed by atoms with E-state index in [2.05, 4.69) is 39.2 Å². The third-order valence-corrected chi connectivity index (χ3v) is 5.02. The van der Waals surface area contributed by atoms with Gasteiger partial charge in [-0.2, -0.15) is 9.97 Å². The van der Waals surface area contributed by atoms with Crippen molar-refractivity contribution in [1.82, 2.24) is 15.3 Å². The van der Waals surface area contributed by atoms with E-state index in [9.17, 15) is 8.42 Å². The van der Waals surface area contributed by atoms with Crippen molar-refractivity contribution in [3.63, 3.8) is 0 Å². The van der Waals surface area contributed by atoms with Crippen LogP contribution in [-0.2, 0) is 10.0 Å². The highest BCUT2D eigenvalue weighted by Gasteiger charge is 2.17. The zero-order valence-corrected chi connectivity index (χ0v) is 17.6. The fourth-order valence-corrected chi connectivity index (χ4v) is 3.23. The number of ether oxygens (including phenoxy) is 2. The molecular formula is C17H23N5O4S2. The Kier molecular flexibility index (Phi) is 7.35. The maximum atomic E-state index is 12.6. The predicted molar refractivity (Wildman–Crippen MR) is 111 cm³/mol. The van der Waals surface area contributed by atoms with Crippen molar-refractivity contribution in [2.45, 2.75) is 18.7 Å². The summed E-state index contributed by atoms with van der Waals surface area (Å²) < 4.78 is 37.5. The van der Waals surface area contributed by atoms with Crippen LogP contribution in [0.5, 0.6) is 11.9 Å². The van der Waals surface area contributed by atoms with Crippen molar-refractivity contribution in [2.75, 3.05) is 30.8 Å². The first-order valence-electron chi connectivity index (χ1n) is 8.38. The van der Waals surface area contributed by atoms with Crippen LogP contribution >= 0.6 is 12.2 Å². The molecule has 1 aromatic heterocycles. The molecule has 0 bridgehead atoms. The van der Waals surface area contributed by atoms with Crippen molar-refractivity contribution >= 4 is 38.9 Å². The molecule has 0 amide bonds. The molecule has 0 unspecified atom stereocenters. The van der Waals surface area contributed by atoms with Gasteiger partial charge in [0.25, 0.3) is 10.0 Å². The molecule has 0 aliphatic carbocycles. The summed E-state index contributed by atoms with van der Waals surface area (Å²) >= 11 is 5.20. The van der Waals surface area contributed by atoms with Crippen LogP contribution < -0.4 is 24.8 Å². The van der Waals surface area contributed by atoms with Crippen LogP contribution in [0.15, 0.2) is 35.2 Å². The number of anilines is 2. The van der Waals surface area contributed by atoms with Crippen LogP contribution in [-0.4, -0.2) is 44.3 Å². The summed E-state index contributed by atoms with van der Waals surface area (Å²) in [7, 11) is -1.07. The van der Waals surface area contributed by atoms with Crippen molar-refractivity contribution in [3.05, 3.63) is 30.3 Å². The molecule has 152 valence electrons.